The van der Waals surface area contributed by atoms with Gasteiger partial charge in [-0.1, -0.05) is 13.3 Å². The highest BCUT2D eigenvalue weighted by atomic mass is 19.1. The molecule has 0 aromatic carbocycles. The smallest absolute Gasteiger partial charge is 0.409 e. The van der Waals surface area contributed by atoms with Gasteiger partial charge < -0.3 is 29.3 Å². The van der Waals surface area contributed by atoms with Gasteiger partial charge >= 0.3 is 6.09 Å². The Bertz CT molecular complexity index is 1490. The van der Waals surface area contributed by atoms with E-state index in [1.165, 1.54) is 13.2 Å². The van der Waals surface area contributed by atoms with Gasteiger partial charge in [0, 0.05) is 48.8 Å². The Morgan fingerprint density at radius 2 is 2.02 bits per heavy atom. The van der Waals surface area contributed by atoms with E-state index in [2.05, 4.69) is 32.3 Å². The fourth-order valence-corrected chi connectivity index (χ4v) is 7.56. The SMILES string of the molecule is CCCCOC(=O)N1CC2(C1)OCC2N1CCC(NC(=O)[C@H]2CCN(C(=O)c3cc(-c4cc(OC)ncc4F)[nH]n3)C3(CC3)C2)C1. The molecule has 1 saturated carbocycles. The first-order chi connectivity index (χ1) is 22.2. The van der Waals surface area contributed by atoms with Crippen molar-refractivity contribution >= 4 is 17.9 Å². The molecule has 2 aromatic heterocycles. The molecular formula is C32H42FN7O6. The summed E-state index contributed by atoms with van der Waals surface area (Å²) in [5.74, 6) is -0.611. The lowest BCUT2D eigenvalue weighted by molar-refractivity contribution is -0.261. The number of ether oxygens (including phenoxy) is 3. The van der Waals surface area contributed by atoms with Crippen molar-refractivity contribution in [2.75, 3.05) is 53.0 Å². The summed E-state index contributed by atoms with van der Waals surface area (Å²) in [5.41, 5.74) is 0.135. The van der Waals surface area contributed by atoms with Crippen molar-refractivity contribution in [3.63, 3.8) is 0 Å². The third-order valence-corrected chi connectivity index (χ3v) is 10.5. The number of nitrogens with one attached hydrogen (secondary N) is 2. The minimum atomic E-state index is -0.547. The standard InChI is InChI=1S/C32H42FN7O6/c1-3-4-11-45-30(43)39-18-32(19-39)26(17-46-32)38-9-6-21(16-38)35-28(41)20-5-10-40(31(14-20)7-8-31)29(42)25-13-24(36-37-25)22-12-27(44-2)34-15-23(22)33/h12-13,15,20-21,26H,3-11,14,16-19H2,1-2H3,(H,35,41)(H,36,37)/t20-,21?,26?/m0/s1. The minimum Gasteiger partial charge on any atom is -0.481 e. The first kappa shape index (κ1) is 30.9. The Labute approximate surface area is 267 Å². The molecule has 1 aliphatic carbocycles. The number of carbonyl (C=O) groups is 3. The van der Waals surface area contributed by atoms with Crippen LogP contribution in [0.2, 0.25) is 0 Å². The molecule has 3 atom stereocenters. The second-order valence-corrected chi connectivity index (χ2v) is 13.4. The first-order valence-corrected chi connectivity index (χ1v) is 16.4. The molecule has 7 rings (SSSR count). The summed E-state index contributed by atoms with van der Waals surface area (Å²) in [5, 5.41) is 10.3. The second kappa shape index (κ2) is 12.1. The van der Waals surface area contributed by atoms with Gasteiger partial charge in [-0.15, -0.1) is 0 Å². The molecule has 3 amide bonds. The molecule has 13 nitrogen and oxygen atoms in total. The minimum absolute atomic E-state index is 0.0543. The van der Waals surface area contributed by atoms with Crippen LogP contribution in [0.25, 0.3) is 11.3 Å². The first-order valence-electron chi connectivity index (χ1n) is 16.4. The lowest BCUT2D eigenvalue weighted by atomic mass is 9.81. The molecule has 46 heavy (non-hydrogen) atoms. The maximum atomic E-state index is 14.4. The van der Waals surface area contributed by atoms with E-state index < -0.39 is 5.82 Å². The topological polar surface area (TPSA) is 142 Å². The Balaban J connectivity index is 0.902. The number of H-pyrrole nitrogens is 1. The highest BCUT2D eigenvalue weighted by Gasteiger charge is 2.61. The summed E-state index contributed by atoms with van der Waals surface area (Å²) in [7, 11) is 1.45. The number of carbonyl (C=O) groups excluding carboxylic acids is 3. The van der Waals surface area contributed by atoms with Gasteiger partial charge in [-0.3, -0.25) is 19.6 Å². The van der Waals surface area contributed by atoms with Gasteiger partial charge in [-0.2, -0.15) is 5.10 Å². The average molecular weight is 640 g/mol. The molecule has 4 saturated heterocycles. The Morgan fingerprint density at radius 1 is 1.20 bits per heavy atom. The van der Waals surface area contributed by atoms with Crippen LogP contribution in [-0.2, 0) is 14.3 Å². The Kier molecular flexibility index (Phi) is 8.12. The van der Waals surface area contributed by atoms with E-state index in [1.54, 1.807) is 11.0 Å². The number of piperidine rings is 1. The zero-order valence-corrected chi connectivity index (χ0v) is 26.4. The number of amides is 3. The number of likely N-dealkylation sites (tertiary alicyclic amines) is 3. The Hall–Kier alpha value is -3.78. The number of methoxy groups -OCH3 is 1. The van der Waals surface area contributed by atoms with Crippen LogP contribution >= 0.6 is 0 Å². The highest BCUT2D eigenvalue weighted by molar-refractivity contribution is 5.94. The number of pyridine rings is 1. The number of aromatic amines is 1. The molecule has 5 fully saturated rings. The second-order valence-electron chi connectivity index (χ2n) is 13.4. The fourth-order valence-electron chi connectivity index (χ4n) is 7.56. The molecule has 4 aliphatic heterocycles. The van der Waals surface area contributed by atoms with Crippen LogP contribution in [0.4, 0.5) is 9.18 Å². The molecule has 6 heterocycles. The summed E-state index contributed by atoms with van der Waals surface area (Å²) in [6.07, 6.45) is 6.42. The predicted octanol–water partition coefficient (Wildman–Crippen LogP) is 2.58. The van der Waals surface area contributed by atoms with Crippen molar-refractivity contribution in [3.05, 3.63) is 29.8 Å². The molecule has 248 valence electrons. The maximum absolute atomic E-state index is 14.4. The molecule has 2 aromatic rings. The number of unbranched alkanes of at least 4 members (excludes halogenated alkanes) is 1. The van der Waals surface area contributed by atoms with E-state index in [-0.39, 0.29) is 64.2 Å². The summed E-state index contributed by atoms with van der Waals surface area (Å²) in [6.45, 7) is 6.34. The van der Waals surface area contributed by atoms with Crippen molar-refractivity contribution < 1.29 is 33.0 Å². The van der Waals surface area contributed by atoms with E-state index in [0.717, 1.165) is 51.4 Å². The molecule has 2 N–H and O–H groups in total. The van der Waals surface area contributed by atoms with E-state index in [4.69, 9.17) is 14.2 Å². The van der Waals surface area contributed by atoms with Gasteiger partial charge in [0.25, 0.3) is 5.91 Å². The summed E-state index contributed by atoms with van der Waals surface area (Å²) < 4.78 is 30.9. The molecule has 2 spiro atoms. The number of hydrogen-bond acceptors (Lipinski definition) is 9. The molecule has 0 bridgehead atoms. The van der Waals surface area contributed by atoms with Gasteiger partial charge in [0.1, 0.15) is 5.60 Å². The number of rotatable bonds is 9. The number of hydrogen-bond donors (Lipinski definition) is 2. The van der Waals surface area contributed by atoms with Crippen LogP contribution in [0, 0.1) is 11.7 Å². The van der Waals surface area contributed by atoms with Crippen molar-refractivity contribution in [2.24, 2.45) is 5.92 Å². The van der Waals surface area contributed by atoms with E-state index in [9.17, 15) is 18.8 Å². The summed E-state index contributed by atoms with van der Waals surface area (Å²) >= 11 is 0. The average Bonchev–Trinajstić information content (AvgIpc) is 3.37. The number of aromatic nitrogens is 3. The lowest BCUT2D eigenvalue weighted by Crippen LogP contribution is -2.80. The van der Waals surface area contributed by atoms with Crippen LogP contribution < -0.4 is 10.1 Å². The van der Waals surface area contributed by atoms with Crippen LogP contribution in [0.1, 0.15) is 62.4 Å². The normalized spacial score (nSPS) is 26.0. The number of halogens is 1. The van der Waals surface area contributed by atoms with Crippen molar-refractivity contribution in [1.82, 2.24) is 35.2 Å². The molecule has 5 aliphatic rings. The largest absolute Gasteiger partial charge is 0.481 e. The number of nitrogens with zero attached hydrogens (tertiary/aromatic N) is 5. The maximum Gasteiger partial charge on any atom is 0.409 e. The zero-order valence-electron chi connectivity index (χ0n) is 26.4. The van der Waals surface area contributed by atoms with Crippen molar-refractivity contribution in [3.8, 4) is 17.1 Å². The van der Waals surface area contributed by atoms with Crippen molar-refractivity contribution in [1.29, 1.82) is 0 Å². The third-order valence-electron chi connectivity index (χ3n) is 10.5. The highest BCUT2D eigenvalue weighted by Crippen LogP contribution is 2.50. The monoisotopic (exact) mass is 639 g/mol. The molecular weight excluding hydrogens is 597 g/mol. The van der Waals surface area contributed by atoms with Crippen molar-refractivity contribution in [2.45, 2.75) is 75.1 Å². The van der Waals surface area contributed by atoms with Gasteiger partial charge in [0.05, 0.1) is 51.3 Å². The van der Waals surface area contributed by atoms with Crippen LogP contribution in [0.3, 0.4) is 0 Å². The van der Waals surface area contributed by atoms with Gasteiger partial charge in [0.2, 0.25) is 11.8 Å². The van der Waals surface area contributed by atoms with Crippen LogP contribution in [-0.4, -0.2) is 124 Å². The fraction of sp³-hybridized carbons (Fsp3) is 0.656. The van der Waals surface area contributed by atoms with E-state index >= 15 is 0 Å². The molecule has 0 radical (unpaired) electrons. The van der Waals surface area contributed by atoms with Crippen LogP contribution in [0.15, 0.2) is 18.3 Å². The predicted molar refractivity (Wildman–Crippen MR) is 162 cm³/mol. The zero-order chi connectivity index (χ0) is 32.1. The van der Waals surface area contributed by atoms with E-state index in [1.807, 2.05) is 4.90 Å². The Morgan fingerprint density at radius 3 is 2.74 bits per heavy atom. The van der Waals surface area contributed by atoms with Crippen LogP contribution in [0.5, 0.6) is 5.88 Å². The lowest BCUT2D eigenvalue weighted by Gasteiger charge is -2.61. The summed E-state index contributed by atoms with van der Waals surface area (Å²) in [6, 6.07) is 3.31. The third kappa shape index (κ3) is 5.59. The van der Waals surface area contributed by atoms with Gasteiger partial charge in [0.15, 0.2) is 11.5 Å². The molecule has 14 heteroatoms. The summed E-state index contributed by atoms with van der Waals surface area (Å²) in [4.78, 5) is 49.1. The van der Waals surface area contributed by atoms with Gasteiger partial charge in [-0.05, 0) is 44.6 Å². The van der Waals surface area contributed by atoms with E-state index in [0.29, 0.717) is 51.4 Å². The van der Waals surface area contributed by atoms with Gasteiger partial charge in [-0.25, -0.2) is 14.2 Å². The molecule has 2 unspecified atom stereocenters. The quantitative estimate of drug-likeness (QED) is 0.396.